The maximum absolute atomic E-state index is 13.4. The Balaban J connectivity index is 1.46. The van der Waals surface area contributed by atoms with Crippen LogP contribution in [0, 0.1) is 0 Å². The molecule has 0 amide bonds. The molecular formula is C28H33N7O. The molecule has 4 heterocycles. The summed E-state index contributed by atoms with van der Waals surface area (Å²) in [4.78, 5) is 27.3. The van der Waals surface area contributed by atoms with Gasteiger partial charge < -0.3 is 10.6 Å². The van der Waals surface area contributed by atoms with Crippen molar-refractivity contribution < 1.29 is 0 Å². The summed E-state index contributed by atoms with van der Waals surface area (Å²) in [5.74, 6) is 0.468. The van der Waals surface area contributed by atoms with Crippen LogP contribution < -0.4 is 16.2 Å². The van der Waals surface area contributed by atoms with Gasteiger partial charge in [0.25, 0.3) is 5.56 Å². The van der Waals surface area contributed by atoms with E-state index in [0.717, 1.165) is 30.0 Å². The SMILES string of the molecule is CC(C)n1c(=O)c2cnc(Nc3ccc4c(c3)C3(CC3)NCC4)nc2n1-c1ccnc(C(C)(C)C)c1. The third-order valence-electron chi connectivity index (χ3n) is 7.36. The van der Waals surface area contributed by atoms with Crippen LogP contribution >= 0.6 is 0 Å². The Bertz CT molecular complexity index is 1540. The number of rotatable bonds is 4. The standard InChI is InChI=1S/C28H33N7O/c1-17(2)34-25(36)21-16-30-26(32-19-7-6-18-8-13-31-28(10-11-28)22(18)14-19)33-24(21)35(34)20-9-12-29-23(15-20)27(3,4)5/h6-7,9,12,14-17,31H,8,10-11,13H2,1-5H3,(H,30,32,33). The monoisotopic (exact) mass is 483 g/mol. The third-order valence-corrected chi connectivity index (χ3v) is 7.36. The summed E-state index contributed by atoms with van der Waals surface area (Å²) in [5, 5.41) is 7.59. The van der Waals surface area contributed by atoms with Crippen molar-refractivity contribution in [2.24, 2.45) is 0 Å². The van der Waals surface area contributed by atoms with Crippen molar-refractivity contribution in [1.82, 2.24) is 29.6 Å². The van der Waals surface area contributed by atoms with Gasteiger partial charge in [-0.3, -0.25) is 9.78 Å². The summed E-state index contributed by atoms with van der Waals surface area (Å²) in [5.41, 5.74) is 6.08. The summed E-state index contributed by atoms with van der Waals surface area (Å²) >= 11 is 0. The van der Waals surface area contributed by atoms with Gasteiger partial charge in [0.1, 0.15) is 5.39 Å². The van der Waals surface area contributed by atoms with E-state index in [4.69, 9.17) is 4.98 Å². The van der Waals surface area contributed by atoms with Gasteiger partial charge in [-0.2, -0.15) is 4.98 Å². The minimum Gasteiger partial charge on any atom is -0.324 e. The van der Waals surface area contributed by atoms with Gasteiger partial charge in [-0.15, -0.1) is 0 Å². The molecule has 8 heteroatoms. The van der Waals surface area contributed by atoms with Gasteiger partial charge in [-0.05, 0) is 68.5 Å². The molecule has 4 aromatic rings. The van der Waals surface area contributed by atoms with Gasteiger partial charge in [0, 0.05) is 47.3 Å². The summed E-state index contributed by atoms with van der Waals surface area (Å²) in [6.07, 6.45) is 6.85. The molecule has 0 atom stereocenters. The minimum absolute atomic E-state index is 0.0581. The second-order valence-corrected chi connectivity index (χ2v) is 11.4. The van der Waals surface area contributed by atoms with E-state index in [1.54, 1.807) is 17.1 Å². The molecule has 8 nitrogen and oxygen atoms in total. The number of anilines is 2. The van der Waals surface area contributed by atoms with Crippen LogP contribution in [0.15, 0.2) is 47.5 Å². The molecule has 186 valence electrons. The van der Waals surface area contributed by atoms with Gasteiger partial charge in [-0.25, -0.2) is 14.3 Å². The molecule has 6 rings (SSSR count). The van der Waals surface area contributed by atoms with Crippen molar-refractivity contribution in [1.29, 1.82) is 0 Å². The van der Waals surface area contributed by atoms with Crippen molar-refractivity contribution in [2.45, 2.75) is 70.9 Å². The first-order valence-electron chi connectivity index (χ1n) is 12.8. The highest BCUT2D eigenvalue weighted by Crippen LogP contribution is 2.49. The predicted molar refractivity (Wildman–Crippen MR) is 142 cm³/mol. The molecule has 0 radical (unpaired) electrons. The van der Waals surface area contributed by atoms with Gasteiger partial charge in [0.15, 0.2) is 5.65 Å². The highest BCUT2D eigenvalue weighted by atomic mass is 16.1. The van der Waals surface area contributed by atoms with Crippen LogP contribution in [0.1, 0.15) is 70.3 Å². The van der Waals surface area contributed by atoms with Crippen LogP contribution in [0.5, 0.6) is 0 Å². The maximum Gasteiger partial charge on any atom is 0.278 e. The number of aromatic nitrogens is 5. The van der Waals surface area contributed by atoms with Gasteiger partial charge in [-0.1, -0.05) is 26.8 Å². The molecule has 1 aliphatic carbocycles. The summed E-state index contributed by atoms with van der Waals surface area (Å²) in [7, 11) is 0. The maximum atomic E-state index is 13.4. The number of nitrogens with zero attached hydrogens (tertiary/aromatic N) is 5. The molecule has 0 bridgehead atoms. The summed E-state index contributed by atoms with van der Waals surface area (Å²) in [6.45, 7) is 11.4. The summed E-state index contributed by atoms with van der Waals surface area (Å²) < 4.78 is 3.65. The Labute approximate surface area is 210 Å². The fourth-order valence-electron chi connectivity index (χ4n) is 5.28. The Morgan fingerprint density at radius 2 is 1.92 bits per heavy atom. The molecule has 36 heavy (non-hydrogen) atoms. The van der Waals surface area contributed by atoms with Gasteiger partial charge in [0.05, 0.1) is 5.69 Å². The lowest BCUT2D eigenvalue weighted by atomic mass is 9.91. The number of nitrogens with one attached hydrogen (secondary N) is 2. The lowest BCUT2D eigenvalue weighted by Crippen LogP contribution is -2.36. The molecule has 2 aliphatic rings. The number of hydrogen-bond donors (Lipinski definition) is 2. The largest absolute Gasteiger partial charge is 0.324 e. The van der Waals surface area contributed by atoms with Crippen LogP contribution in [-0.4, -0.2) is 30.9 Å². The third kappa shape index (κ3) is 3.71. The Morgan fingerprint density at radius 1 is 1.11 bits per heavy atom. The van der Waals surface area contributed by atoms with E-state index in [1.807, 2.05) is 30.7 Å². The average Bonchev–Trinajstić information content (AvgIpc) is 3.55. The lowest BCUT2D eigenvalue weighted by molar-refractivity contribution is 0.474. The molecule has 0 saturated heterocycles. The topological polar surface area (TPSA) is 89.7 Å². The lowest BCUT2D eigenvalue weighted by Gasteiger charge is -2.27. The number of fused-ring (bicyclic) bond motifs is 3. The molecule has 1 aromatic carbocycles. The number of benzene rings is 1. The first-order chi connectivity index (χ1) is 17.2. The van der Waals surface area contributed by atoms with E-state index < -0.39 is 0 Å². The predicted octanol–water partition coefficient (Wildman–Crippen LogP) is 4.73. The molecule has 2 N–H and O–H groups in total. The molecule has 1 saturated carbocycles. The van der Waals surface area contributed by atoms with Crippen molar-refractivity contribution in [2.75, 3.05) is 11.9 Å². The molecule has 1 aliphatic heterocycles. The quantitative estimate of drug-likeness (QED) is 0.436. The van der Waals surface area contributed by atoms with Crippen LogP contribution in [0.25, 0.3) is 16.7 Å². The summed E-state index contributed by atoms with van der Waals surface area (Å²) in [6, 6.07) is 10.4. The normalized spacial score (nSPS) is 16.5. The van der Waals surface area contributed by atoms with Crippen LogP contribution in [-0.2, 0) is 17.4 Å². The van der Waals surface area contributed by atoms with Gasteiger partial charge >= 0.3 is 0 Å². The van der Waals surface area contributed by atoms with Crippen LogP contribution in [0.2, 0.25) is 0 Å². The zero-order valence-electron chi connectivity index (χ0n) is 21.6. The smallest absolute Gasteiger partial charge is 0.278 e. The second kappa shape index (κ2) is 8.00. The molecule has 1 spiro atoms. The van der Waals surface area contributed by atoms with E-state index in [0.29, 0.717) is 17.0 Å². The number of hydrogen-bond acceptors (Lipinski definition) is 6. The second-order valence-electron chi connectivity index (χ2n) is 11.4. The van der Waals surface area contributed by atoms with Crippen LogP contribution in [0.3, 0.4) is 0 Å². The van der Waals surface area contributed by atoms with Crippen molar-refractivity contribution >= 4 is 22.7 Å². The fourth-order valence-corrected chi connectivity index (χ4v) is 5.28. The Hall–Kier alpha value is -3.52. The van der Waals surface area contributed by atoms with E-state index >= 15 is 0 Å². The first kappa shape index (κ1) is 22.9. The molecule has 0 unspecified atom stereocenters. The van der Waals surface area contributed by atoms with Crippen molar-refractivity contribution in [3.8, 4) is 5.69 Å². The van der Waals surface area contributed by atoms with Gasteiger partial charge in [0.2, 0.25) is 5.95 Å². The van der Waals surface area contributed by atoms with Crippen LogP contribution in [0.4, 0.5) is 11.6 Å². The number of pyridine rings is 1. The van der Waals surface area contributed by atoms with Crippen molar-refractivity contribution in [3.63, 3.8) is 0 Å². The van der Waals surface area contributed by atoms with Crippen molar-refractivity contribution in [3.05, 3.63) is 69.9 Å². The average molecular weight is 484 g/mol. The molecule has 3 aromatic heterocycles. The fraction of sp³-hybridized carbons (Fsp3) is 0.429. The zero-order valence-corrected chi connectivity index (χ0v) is 21.6. The highest BCUT2D eigenvalue weighted by Gasteiger charge is 2.46. The molecule has 1 fully saturated rings. The first-order valence-corrected chi connectivity index (χ1v) is 12.8. The highest BCUT2D eigenvalue weighted by molar-refractivity contribution is 5.77. The minimum atomic E-state index is -0.121. The van der Waals surface area contributed by atoms with E-state index in [2.05, 4.69) is 59.6 Å². The zero-order chi connectivity index (χ0) is 25.2. The van der Waals surface area contributed by atoms with E-state index in [1.165, 1.54) is 24.0 Å². The van der Waals surface area contributed by atoms with E-state index in [-0.39, 0.29) is 22.6 Å². The Kier molecular flexibility index (Phi) is 5.09. The van der Waals surface area contributed by atoms with E-state index in [9.17, 15) is 4.79 Å². The molecular weight excluding hydrogens is 450 g/mol. The Morgan fingerprint density at radius 3 is 2.64 bits per heavy atom.